The van der Waals surface area contributed by atoms with Gasteiger partial charge < -0.3 is 20.2 Å². The summed E-state index contributed by atoms with van der Waals surface area (Å²) in [6.07, 6.45) is 2.60. The molecule has 2 amide bonds. The lowest BCUT2D eigenvalue weighted by atomic mass is 10.2. The van der Waals surface area contributed by atoms with Crippen LogP contribution >= 0.6 is 0 Å². The van der Waals surface area contributed by atoms with Crippen molar-refractivity contribution in [3.63, 3.8) is 0 Å². The van der Waals surface area contributed by atoms with Crippen molar-refractivity contribution < 1.29 is 14.7 Å². The first-order chi connectivity index (χ1) is 9.15. The molecule has 1 unspecified atom stereocenters. The summed E-state index contributed by atoms with van der Waals surface area (Å²) in [4.78, 5) is 34.1. The van der Waals surface area contributed by atoms with E-state index in [9.17, 15) is 9.59 Å². The molecule has 19 heavy (non-hydrogen) atoms. The van der Waals surface area contributed by atoms with Crippen molar-refractivity contribution in [1.29, 1.82) is 0 Å². The highest BCUT2D eigenvalue weighted by molar-refractivity contribution is 5.86. The van der Waals surface area contributed by atoms with Crippen molar-refractivity contribution in [2.75, 3.05) is 31.1 Å². The molecule has 3 rings (SSSR count). The fourth-order valence-electron chi connectivity index (χ4n) is 2.38. The smallest absolute Gasteiger partial charge is 0.338 e. The number of urea groups is 1. The van der Waals surface area contributed by atoms with Gasteiger partial charge in [-0.3, -0.25) is 0 Å². The van der Waals surface area contributed by atoms with Gasteiger partial charge in [0.25, 0.3) is 0 Å². The number of hydrogen-bond acceptors (Lipinski definition) is 5. The summed E-state index contributed by atoms with van der Waals surface area (Å²) in [5.41, 5.74) is 0.0695. The van der Waals surface area contributed by atoms with Gasteiger partial charge in [-0.25, -0.2) is 19.6 Å². The van der Waals surface area contributed by atoms with Gasteiger partial charge in [0, 0.05) is 38.6 Å². The zero-order chi connectivity index (χ0) is 13.4. The number of carboxylic acids is 1. The van der Waals surface area contributed by atoms with E-state index in [1.807, 2.05) is 9.80 Å². The first kappa shape index (κ1) is 11.7. The Labute approximate surface area is 109 Å². The topological polar surface area (TPSA) is 98.7 Å². The van der Waals surface area contributed by atoms with Crippen molar-refractivity contribution in [3.05, 3.63) is 18.0 Å². The van der Waals surface area contributed by atoms with Gasteiger partial charge in [-0.2, -0.15) is 0 Å². The molecule has 0 saturated carbocycles. The van der Waals surface area contributed by atoms with Crippen molar-refractivity contribution in [1.82, 2.24) is 20.2 Å². The van der Waals surface area contributed by atoms with Crippen LogP contribution in [0.5, 0.6) is 0 Å². The highest BCUT2D eigenvalue weighted by Gasteiger charge is 2.36. The average molecular weight is 263 g/mol. The summed E-state index contributed by atoms with van der Waals surface area (Å²) in [7, 11) is 0. The number of rotatable bonds is 2. The van der Waals surface area contributed by atoms with Gasteiger partial charge in [-0.05, 0) is 0 Å². The zero-order valence-electron chi connectivity index (χ0n) is 10.1. The monoisotopic (exact) mass is 263 g/mol. The maximum Gasteiger partial charge on any atom is 0.338 e. The van der Waals surface area contributed by atoms with E-state index in [0.29, 0.717) is 32.1 Å². The predicted octanol–water partition coefficient (Wildman–Crippen LogP) is -0.611. The van der Waals surface area contributed by atoms with Crippen LogP contribution in [0.25, 0.3) is 0 Å². The standard InChI is InChI=1S/C11H13N5O3/c17-9(18)7-3-12-10(13-4-7)15-1-2-16-8(6-15)5-14-11(16)19/h3-4,8H,1-2,5-6H2,(H,14,19)(H,17,18). The van der Waals surface area contributed by atoms with E-state index in [2.05, 4.69) is 15.3 Å². The van der Waals surface area contributed by atoms with Gasteiger partial charge in [-0.1, -0.05) is 0 Å². The number of aromatic carboxylic acids is 1. The van der Waals surface area contributed by atoms with Crippen LogP contribution in [0.2, 0.25) is 0 Å². The molecule has 1 aromatic heterocycles. The number of fused-ring (bicyclic) bond motifs is 1. The molecule has 2 N–H and O–H groups in total. The van der Waals surface area contributed by atoms with Crippen molar-refractivity contribution in [2.24, 2.45) is 0 Å². The number of nitrogens with zero attached hydrogens (tertiary/aromatic N) is 4. The summed E-state index contributed by atoms with van der Waals surface area (Å²) in [5, 5.41) is 11.6. The second-order valence-corrected chi connectivity index (χ2v) is 4.56. The van der Waals surface area contributed by atoms with Crippen LogP contribution in [0.4, 0.5) is 10.7 Å². The predicted molar refractivity (Wildman–Crippen MR) is 65.1 cm³/mol. The second kappa shape index (κ2) is 4.38. The minimum Gasteiger partial charge on any atom is -0.478 e. The maximum absolute atomic E-state index is 11.5. The molecule has 0 aliphatic carbocycles. The van der Waals surface area contributed by atoms with Crippen LogP contribution in [0.3, 0.4) is 0 Å². The summed E-state index contributed by atoms with van der Waals surface area (Å²) < 4.78 is 0. The molecular weight excluding hydrogens is 250 g/mol. The Hall–Kier alpha value is -2.38. The number of carbonyl (C=O) groups is 2. The molecule has 0 spiro atoms. The molecular formula is C11H13N5O3. The van der Waals surface area contributed by atoms with Crippen LogP contribution in [0.1, 0.15) is 10.4 Å². The molecule has 2 fully saturated rings. The lowest BCUT2D eigenvalue weighted by Gasteiger charge is -2.36. The lowest BCUT2D eigenvalue weighted by Crippen LogP contribution is -2.52. The molecule has 1 atom stereocenters. The Morgan fingerprint density at radius 3 is 2.79 bits per heavy atom. The van der Waals surface area contributed by atoms with Gasteiger partial charge in [-0.15, -0.1) is 0 Å². The van der Waals surface area contributed by atoms with Crippen molar-refractivity contribution in [3.8, 4) is 0 Å². The van der Waals surface area contributed by atoms with Gasteiger partial charge in [0.15, 0.2) is 0 Å². The van der Waals surface area contributed by atoms with E-state index >= 15 is 0 Å². The van der Waals surface area contributed by atoms with E-state index in [1.54, 1.807) is 0 Å². The number of carboxylic acid groups (broad SMARTS) is 1. The Morgan fingerprint density at radius 2 is 2.11 bits per heavy atom. The molecule has 0 radical (unpaired) electrons. The molecule has 100 valence electrons. The number of carbonyl (C=O) groups excluding carboxylic acids is 1. The Morgan fingerprint density at radius 1 is 1.37 bits per heavy atom. The van der Waals surface area contributed by atoms with Gasteiger partial charge in [0.05, 0.1) is 11.6 Å². The fraction of sp³-hybridized carbons (Fsp3) is 0.455. The van der Waals surface area contributed by atoms with Gasteiger partial charge in [0.2, 0.25) is 5.95 Å². The highest BCUT2D eigenvalue weighted by atomic mass is 16.4. The van der Waals surface area contributed by atoms with Gasteiger partial charge >= 0.3 is 12.0 Å². The second-order valence-electron chi connectivity index (χ2n) is 4.56. The summed E-state index contributed by atoms with van der Waals surface area (Å²) in [6.45, 7) is 2.56. The number of hydrogen-bond donors (Lipinski definition) is 2. The minimum absolute atomic E-state index is 0.0215. The highest BCUT2D eigenvalue weighted by Crippen LogP contribution is 2.17. The number of nitrogens with one attached hydrogen (secondary N) is 1. The fourth-order valence-corrected chi connectivity index (χ4v) is 2.38. The molecule has 0 aromatic carbocycles. The number of piperazine rings is 1. The molecule has 8 heteroatoms. The molecule has 2 aliphatic rings. The lowest BCUT2D eigenvalue weighted by molar-refractivity contribution is 0.0696. The molecule has 1 aromatic rings. The van der Waals surface area contributed by atoms with E-state index in [-0.39, 0.29) is 17.6 Å². The van der Waals surface area contributed by atoms with Crippen molar-refractivity contribution >= 4 is 17.9 Å². The Balaban J connectivity index is 1.73. The maximum atomic E-state index is 11.5. The summed E-state index contributed by atoms with van der Waals surface area (Å²) in [5.74, 6) is -0.536. The third-order valence-corrected chi connectivity index (χ3v) is 3.40. The zero-order valence-corrected chi connectivity index (χ0v) is 10.1. The third-order valence-electron chi connectivity index (χ3n) is 3.40. The molecule has 8 nitrogen and oxygen atoms in total. The summed E-state index contributed by atoms with van der Waals surface area (Å²) in [6, 6.07) is 0.107. The van der Waals surface area contributed by atoms with Gasteiger partial charge in [0.1, 0.15) is 0 Å². The Bertz CT molecular complexity index is 518. The van der Waals surface area contributed by atoms with Crippen LogP contribution in [0.15, 0.2) is 12.4 Å². The van der Waals surface area contributed by atoms with E-state index in [1.165, 1.54) is 12.4 Å². The minimum atomic E-state index is -1.04. The first-order valence-electron chi connectivity index (χ1n) is 6.00. The average Bonchev–Trinajstić information content (AvgIpc) is 2.80. The van der Waals surface area contributed by atoms with E-state index in [0.717, 1.165) is 0 Å². The molecule has 3 heterocycles. The number of anilines is 1. The third kappa shape index (κ3) is 2.05. The van der Waals surface area contributed by atoms with Crippen LogP contribution < -0.4 is 10.2 Å². The number of amides is 2. The molecule has 2 saturated heterocycles. The molecule has 0 bridgehead atoms. The van der Waals surface area contributed by atoms with Crippen LogP contribution in [-0.4, -0.2) is 64.2 Å². The first-order valence-corrected chi connectivity index (χ1v) is 6.00. The van der Waals surface area contributed by atoms with Crippen molar-refractivity contribution in [2.45, 2.75) is 6.04 Å². The summed E-state index contributed by atoms with van der Waals surface area (Å²) >= 11 is 0. The molecule has 2 aliphatic heterocycles. The van der Waals surface area contributed by atoms with E-state index < -0.39 is 5.97 Å². The van der Waals surface area contributed by atoms with Crippen LogP contribution in [-0.2, 0) is 0 Å². The largest absolute Gasteiger partial charge is 0.478 e. The SMILES string of the molecule is O=C(O)c1cnc(N2CCN3C(=O)NCC3C2)nc1. The number of aromatic nitrogens is 2. The Kier molecular flexibility index (Phi) is 2.69. The van der Waals surface area contributed by atoms with Crippen LogP contribution in [0, 0.1) is 0 Å². The quantitative estimate of drug-likeness (QED) is 0.738. The normalized spacial score (nSPS) is 22.1. The van der Waals surface area contributed by atoms with E-state index in [4.69, 9.17) is 5.11 Å².